The topological polar surface area (TPSA) is 132 Å². The number of hydrazine groups is 1. The van der Waals surface area contributed by atoms with Crippen molar-refractivity contribution < 1.29 is 9.59 Å². The molecule has 0 heterocycles. The van der Waals surface area contributed by atoms with E-state index in [2.05, 4.69) is 16.8 Å². The summed E-state index contributed by atoms with van der Waals surface area (Å²) in [7, 11) is 0. The van der Waals surface area contributed by atoms with Crippen LogP contribution in [0.1, 0.15) is 35.3 Å². The molecule has 1 aliphatic rings. The average molecular weight is 361 g/mol. The summed E-state index contributed by atoms with van der Waals surface area (Å²) in [4.78, 5) is 24.7. The van der Waals surface area contributed by atoms with Crippen LogP contribution in [-0.2, 0) is 4.79 Å². The molecule has 0 radical (unpaired) electrons. The molecule has 0 spiro atoms. The number of nitrogens with two attached hydrogens (primary N) is 1. The molecule has 0 saturated carbocycles. The number of carbonyl (C=O) groups excluding carboxylic acids is 2. The van der Waals surface area contributed by atoms with Gasteiger partial charge in [0.1, 0.15) is 6.07 Å². The minimum Gasteiger partial charge on any atom is -0.321 e. The van der Waals surface area contributed by atoms with E-state index in [9.17, 15) is 14.9 Å². The van der Waals surface area contributed by atoms with Gasteiger partial charge in [0.2, 0.25) is 0 Å². The van der Waals surface area contributed by atoms with Crippen LogP contribution in [0.15, 0.2) is 53.3 Å². The lowest BCUT2D eigenvalue weighted by Gasteiger charge is -2.15. The summed E-state index contributed by atoms with van der Waals surface area (Å²) in [6.45, 7) is 5.38. The Balaban J connectivity index is 2.45. The van der Waals surface area contributed by atoms with Gasteiger partial charge in [0, 0.05) is 16.6 Å². The number of aryl methyl sites for hydroxylation is 1. The second-order valence-electron chi connectivity index (χ2n) is 6.72. The number of hydrogen-bond donors (Lipinski definition) is 3. The number of nitrogens with zero attached hydrogens (tertiary/aromatic N) is 2. The van der Waals surface area contributed by atoms with E-state index < -0.39 is 17.2 Å². The highest BCUT2D eigenvalue weighted by molar-refractivity contribution is 5.99. The van der Waals surface area contributed by atoms with Gasteiger partial charge in [-0.25, -0.2) is 5.84 Å². The number of carbonyl (C=O) groups is 2. The summed E-state index contributed by atoms with van der Waals surface area (Å²) in [5.41, 5.74) is 3.56. The molecule has 27 heavy (non-hydrogen) atoms. The van der Waals surface area contributed by atoms with Gasteiger partial charge < -0.3 is 5.32 Å². The maximum absolute atomic E-state index is 12.7. The Morgan fingerprint density at radius 1 is 1.11 bits per heavy atom. The molecule has 1 aromatic carbocycles. The van der Waals surface area contributed by atoms with Crippen molar-refractivity contribution in [1.29, 1.82) is 10.5 Å². The number of rotatable bonds is 3. The van der Waals surface area contributed by atoms with E-state index in [-0.39, 0.29) is 16.8 Å². The summed E-state index contributed by atoms with van der Waals surface area (Å²) in [5.74, 6) is 4.25. The van der Waals surface area contributed by atoms with Crippen molar-refractivity contribution in [3.63, 3.8) is 0 Å². The van der Waals surface area contributed by atoms with Crippen LogP contribution < -0.4 is 16.6 Å². The van der Waals surface area contributed by atoms with Crippen LogP contribution in [0, 0.1) is 35.0 Å². The van der Waals surface area contributed by atoms with Gasteiger partial charge in [0.25, 0.3) is 11.8 Å². The monoisotopic (exact) mass is 361 g/mol. The number of allylic oxidation sites excluding steroid dienone is 3. The van der Waals surface area contributed by atoms with Crippen molar-refractivity contribution in [2.45, 2.75) is 20.8 Å². The average Bonchev–Trinajstić information content (AvgIpc) is 2.76. The minimum atomic E-state index is -0.597. The zero-order valence-electron chi connectivity index (χ0n) is 15.3. The van der Waals surface area contributed by atoms with Crippen molar-refractivity contribution in [2.24, 2.45) is 11.3 Å². The third kappa shape index (κ3) is 4.49. The minimum absolute atomic E-state index is 0.201. The maximum Gasteiger partial charge on any atom is 0.264 e. The quantitative estimate of drug-likeness (QED) is 0.430. The normalized spacial score (nSPS) is 15.1. The molecular formula is C20H19N5O2. The molecule has 0 saturated heterocycles. The van der Waals surface area contributed by atoms with Crippen molar-refractivity contribution >= 4 is 11.8 Å². The number of amides is 2. The summed E-state index contributed by atoms with van der Waals surface area (Å²) in [6.07, 6.45) is 4.75. The van der Waals surface area contributed by atoms with Crippen LogP contribution in [0.4, 0.5) is 0 Å². The van der Waals surface area contributed by atoms with Crippen molar-refractivity contribution in [3.8, 4) is 12.1 Å². The Kier molecular flexibility index (Phi) is 5.60. The van der Waals surface area contributed by atoms with Gasteiger partial charge in [0.15, 0.2) is 0 Å². The summed E-state index contributed by atoms with van der Waals surface area (Å²) < 4.78 is 0. The Morgan fingerprint density at radius 2 is 1.81 bits per heavy atom. The maximum atomic E-state index is 12.7. The first-order chi connectivity index (χ1) is 12.7. The van der Waals surface area contributed by atoms with Gasteiger partial charge >= 0.3 is 0 Å². The summed E-state index contributed by atoms with van der Waals surface area (Å²) in [6, 6.07) is 8.76. The first-order valence-corrected chi connectivity index (χ1v) is 8.11. The Hall–Kier alpha value is -3.68. The molecule has 7 heteroatoms. The molecule has 136 valence electrons. The van der Waals surface area contributed by atoms with E-state index in [0.717, 1.165) is 0 Å². The van der Waals surface area contributed by atoms with Crippen LogP contribution >= 0.6 is 0 Å². The number of nitrogens with one attached hydrogen (secondary N) is 2. The smallest absolute Gasteiger partial charge is 0.264 e. The van der Waals surface area contributed by atoms with E-state index in [1.54, 1.807) is 37.3 Å². The van der Waals surface area contributed by atoms with Gasteiger partial charge in [0.05, 0.1) is 22.9 Å². The van der Waals surface area contributed by atoms with Gasteiger partial charge in [-0.1, -0.05) is 26.0 Å². The fourth-order valence-corrected chi connectivity index (χ4v) is 2.76. The van der Waals surface area contributed by atoms with Crippen molar-refractivity contribution in [2.75, 3.05) is 0 Å². The van der Waals surface area contributed by atoms with E-state index in [1.165, 1.54) is 6.08 Å². The SMILES string of the molecule is Cc1cc(C#N)ccc1C(=O)NC1=CC(C(=O)NN)=CC(C)(C)C=C1C#N. The predicted octanol–water partition coefficient (Wildman–Crippen LogP) is 1.89. The number of hydrogen-bond acceptors (Lipinski definition) is 5. The molecule has 0 bridgehead atoms. The highest BCUT2D eigenvalue weighted by atomic mass is 16.2. The molecule has 0 aliphatic heterocycles. The first-order valence-electron chi connectivity index (χ1n) is 8.11. The molecule has 4 N–H and O–H groups in total. The molecule has 2 rings (SSSR count). The molecule has 0 unspecified atom stereocenters. The van der Waals surface area contributed by atoms with Gasteiger partial charge in [-0.15, -0.1) is 0 Å². The molecule has 0 aromatic heterocycles. The fourth-order valence-electron chi connectivity index (χ4n) is 2.76. The van der Waals surface area contributed by atoms with Crippen LogP contribution in [0.2, 0.25) is 0 Å². The van der Waals surface area contributed by atoms with Crippen LogP contribution in [0.5, 0.6) is 0 Å². The first kappa shape index (κ1) is 19.6. The molecule has 2 amide bonds. The second kappa shape index (κ2) is 7.69. The molecular weight excluding hydrogens is 342 g/mol. The number of nitriles is 2. The third-order valence-electron chi connectivity index (χ3n) is 4.00. The van der Waals surface area contributed by atoms with Gasteiger partial charge in [-0.3, -0.25) is 15.0 Å². The third-order valence-corrected chi connectivity index (χ3v) is 4.00. The van der Waals surface area contributed by atoms with E-state index in [0.29, 0.717) is 16.7 Å². The summed E-state index contributed by atoms with van der Waals surface area (Å²) >= 11 is 0. The van der Waals surface area contributed by atoms with Crippen LogP contribution in [-0.4, -0.2) is 11.8 Å². The van der Waals surface area contributed by atoms with Crippen molar-refractivity contribution in [3.05, 3.63) is 70.0 Å². The van der Waals surface area contributed by atoms with Crippen LogP contribution in [0.25, 0.3) is 0 Å². The molecule has 0 atom stereocenters. The van der Waals surface area contributed by atoms with Crippen molar-refractivity contribution in [1.82, 2.24) is 10.7 Å². The Morgan fingerprint density at radius 3 is 2.37 bits per heavy atom. The second-order valence-corrected chi connectivity index (χ2v) is 6.72. The zero-order valence-corrected chi connectivity index (χ0v) is 15.3. The lowest BCUT2D eigenvalue weighted by molar-refractivity contribution is -0.117. The van der Waals surface area contributed by atoms with Crippen LogP contribution in [0.3, 0.4) is 0 Å². The zero-order chi connectivity index (χ0) is 20.2. The molecule has 7 nitrogen and oxygen atoms in total. The molecule has 0 fully saturated rings. The highest BCUT2D eigenvalue weighted by Gasteiger charge is 2.24. The predicted molar refractivity (Wildman–Crippen MR) is 99.3 cm³/mol. The molecule has 1 aromatic rings. The molecule has 1 aliphatic carbocycles. The largest absolute Gasteiger partial charge is 0.321 e. The Labute approximate surface area is 157 Å². The lowest BCUT2D eigenvalue weighted by atomic mass is 9.90. The lowest BCUT2D eigenvalue weighted by Crippen LogP contribution is -2.32. The van der Waals surface area contributed by atoms with Gasteiger partial charge in [-0.2, -0.15) is 10.5 Å². The number of benzene rings is 1. The van der Waals surface area contributed by atoms with E-state index in [1.807, 2.05) is 19.9 Å². The fraction of sp³-hybridized carbons (Fsp3) is 0.200. The van der Waals surface area contributed by atoms with E-state index in [4.69, 9.17) is 11.1 Å². The van der Waals surface area contributed by atoms with Gasteiger partial charge in [-0.05, 0) is 36.8 Å². The summed E-state index contributed by atoms with van der Waals surface area (Å²) in [5, 5.41) is 21.1. The Bertz CT molecular complexity index is 985. The van der Waals surface area contributed by atoms with E-state index >= 15 is 0 Å². The standard InChI is InChI=1S/C20H19N5O2/c1-12-6-13(10-21)4-5-16(12)19(27)24-17-7-14(18(26)25-23)8-20(2,3)9-15(17)11-22/h4-9H,23H2,1-3H3,(H,24,27)(H,25,26). The highest BCUT2D eigenvalue weighted by Crippen LogP contribution is 2.29.